The summed E-state index contributed by atoms with van der Waals surface area (Å²) < 4.78 is 0. The summed E-state index contributed by atoms with van der Waals surface area (Å²) in [6.07, 6.45) is 3.52. The van der Waals surface area contributed by atoms with Gasteiger partial charge < -0.3 is 32.6 Å². The van der Waals surface area contributed by atoms with Crippen molar-refractivity contribution in [3.05, 3.63) is 18.2 Å². The van der Waals surface area contributed by atoms with Crippen LogP contribution in [0.15, 0.2) is 12.5 Å². The van der Waals surface area contributed by atoms with Crippen LogP contribution in [0.3, 0.4) is 0 Å². The number of aliphatic carboxylic acids is 1. The number of carbonyl (C=O) groups is 3. The Morgan fingerprint density at radius 1 is 1.42 bits per heavy atom. The second kappa shape index (κ2) is 9.53. The predicted molar refractivity (Wildman–Crippen MR) is 95.1 cm³/mol. The van der Waals surface area contributed by atoms with E-state index in [9.17, 15) is 19.5 Å². The minimum atomic E-state index is -2.41. The Hall–Kier alpha value is -2.14. The number of hydrogen-bond acceptors (Lipinski definition) is 8. The lowest BCUT2D eigenvalue weighted by Gasteiger charge is -2.35. The van der Waals surface area contributed by atoms with Crippen LogP contribution in [0.2, 0.25) is 0 Å². The lowest BCUT2D eigenvalue weighted by atomic mass is 9.72. The highest BCUT2D eigenvalue weighted by Gasteiger charge is 2.53. The van der Waals surface area contributed by atoms with Gasteiger partial charge in [0.2, 0.25) is 0 Å². The highest BCUT2D eigenvalue weighted by Crippen LogP contribution is 2.26. The van der Waals surface area contributed by atoms with Crippen LogP contribution in [0.5, 0.6) is 0 Å². The molecule has 1 aromatic rings. The fourth-order valence-corrected chi connectivity index (χ4v) is 2.89. The van der Waals surface area contributed by atoms with Crippen molar-refractivity contribution >= 4 is 17.5 Å². The van der Waals surface area contributed by atoms with Crippen molar-refractivity contribution in [1.29, 1.82) is 0 Å². The van der Waals surface area contributed by atoms with Gasteiger partial charge in [0.1, 0.15) is 0 Å². The number of Topliss-reactive ketones (excluding diaryl/α,β-unsaturated/α-hetero) is 2. The quantitative estimate of drug-likeness (QED) is 0.230. The lowest BCUT2D eigenvalue weighted by Crippen LogP contribution is -2.67. The molecule has 146 valence electrons. The smallest absolute Gasteiger partial charge is 0.332 e. The summed E-state index contributed by atoms with van der Waals surface area (Å²) in [7, 11) is 1.52. The standard InChI is InChI=1S/C16H28N6O4/c1-9(18)13(23)11(4-3-5-17)16(19,15(25)26)14(24)12(20-2)6-10-7-21-8-22-10/h7-9,11-12,20H,3-6,17-19H2,1-2H3,(H,21,22)(H,25,26). The number of ketones is 2. The third kappa shape index (κ3) is 4.73. The van der Waals surface area contributed by atoms with Gasteiger partial charge >= 0.3 is 5.97 Å². The van der Waals surface area contributed by atoms with Gasteiger partial charge in [-0.3, -0.25) is 9.59 Å². The molecule has 0 amide bonds. The molecule has 1 aromatic heterocycles. The molecule has 0 aliphatic carbocycles. The van der Waals surface area contributed by atoms with Gasteiger partial charge in [-0.05, 0) is 33.4 Å². The number of aromatic nitrogens is 2. The summed E-state index contributed by atoms with van der Waals surface area (Å²) in [6.45, 7) is 1.67. The van der Waals surface area contributed by atoms with E-state index in [4.69, 9.17) is 17.2 Å². The number of nitrogens with zero attached hydrogens (tertiary/aromatic N) is 1. The average molecular weight is 368 g/mol. The number of imidazole rings is 1. The van der Waals surface area contributed by atoms with Gasteiger partial charge in [0, 0.05) is 18.3 Å². The molecule has 4 unspecified atom stereocenters. The molecule has 0 saturated carbocycles. The van der Waals surface area contributed by atoms with E-state index < -0.39 is 41.1 Å². The highest BCUT2D eigenvalue weighted by atomic mass is 16.4. The van der Waals surface area contributed by atoms with E-state index in [0.717, 1.165) is 0 Å². The maximum absolute atomic E-state index is 13.1. The van der Waals surface area contributed by atoms with Gasteiger partial charge in [0.05, 0.1) is 24.3 Å². The van der Waals surface area contributed by atoms with E-state index >= 15 is 0 Å². The Bertz CT molecular complexity index is 618. The fraction of sp³-hybridized carbons (Fsp3) is 0.625. The zero-order valence-corrected chi connectivity index (χ0v) is 15.1. The minimum Gasteiger partial charge on any atom is -0.480 e. The number of aromatic amines is 1. The lowest BCUT2D eigenvalue weighted by molar-refractivity contribution is -0.155. The number of carboxylic acids is 1. The summed E-state index contributed by atoms with van der Waals surface area (Å²) in [5, 5.41) is 12.5. The zero-order valence-electron chi connectivity index (χ0n) is 15.1. The molecule has 0 fully saturated rings. The van der Waals surface area contributed by atoms with E-state index in [1.54, 1.807) is 0 Å². The van der Waals surface area contributed by atoms with Crippen LogP contribution in [0, 0.1) is 5.92 Å². The van der Waals surface area contributed by atoms with Crippen LogP contribution in [0.4, 0.5) is 0 Å². The van der Waals surface area contributed by atoms with Crippen molar-refractivity contribution in [1.82, 2.24) is 15.3 Å². The molecule has 1 rings (SSSR count). The minimum absolute atomic E-state index is 0.0614. The number of carbonyl (C=O) groups excluding carboxylic acids is 2. The van der Waals surface area contributed by atoms with Gasteiger partial charge in [-0.15, -0.1) is 0 Å². The van der Waals surface area contributed by atoms with Crippen LogP contribution in [-0.2, 0) is 20.8 Å². The Morgan fingerprint density at radius 2 is 2.08 bits per heavy atom. The first kappa shape index (κ1) is 21.9. The SMILES string of the molecule is CNC(Cc1cnc[nH]1)C(=O)C(N)(C(=O)O)C(CCCN)C(=O)C(C)N. The molecule has 0 bridgehead atoms. The molecule has 4 atom stereocenters. The van der Waals surface area contributed by atoms with Gasteiger partial charge in [-0.2, -0.15) is 0 Å². The Kier molecular flexibility index (Phi) is 8.03. The molecule has 1 heterocycles. The largest absolute Gasteiger partial charge is 0.480 e. The van der Waals surface area contributed by atoms with Crippen LogP contribution >= 0.6 is 0 Å². The molecular formula is C16H28N6O4. The van der Waals surface area contributed by atoms with E-state index in [0.29, 0.717) is 12.1 Å². The number of likely N-dealkylation sites (N-methyl/N-ethyl adjacent to an activating group) is 1. The van der Waals surface area contributed by atoms with Crippen molar-refractivity contribution in [2.75, 3.05) is 13.6 Å². The molecule has 0 spiro atoms. The molecule has 0 aromatic carbocycles. The van der Waals surface area contributed by atoms with Gasteiger partial charge in [0.25, 0.3) is 0 Å². The average Bonchev–Trinajstić information content (AvgIpc) is 3.11. The van der Waals surface area contributed by atoms with Crippen LogP contribution in [0.1, 0.15) is 25.5 Å². The molecule has 0 aliphatic heterocycles. The monoisotopic (exact) mass is 368 g/mol. The number of rotatable bonds is 12. The second-order valence-corrected chi connectivity index (χ2v) is 6.34. The molecule has 0 saturated heterocycles. The normalized spacial score (nSPS) is 17.1. The Morgan fingerprint density at radius 3 is 2.50 bits per heavy atom. The fourth-order valence-electron chi connectivity index (χ4n) is 2.89. The summed E-state index contributed by atoms with van der Waals surface area (Å²) in [5.41, 5.74) is 15.4. The van der Waals surface area contributed by atoms with Gasteiger partial charge in [-0.25, -0.2) is 9.78 Å². The van der Waals surface area contributed by atoms with Gasteiger partial charge in [0.15, 0.2) is 17.1 Å². The van der Waals surface area contributed by atoms with E-state index in [2.05, 4.69) is 15.3 Å². The van der Waals surface area contributed by atoms with Crippen LogP contribution in [-0.4, -0.2) is 63.8 Å². The zero-order chi connectivity index (χ0) is 19.9. The van der Waals surface area contributed by atoms with Crippen molar-refractivity contribution < 1.29 is 19.5 Å². The first-order valence-electron chi connectivity index (χ1n) is 8.40. The maximum Gasteiger partial charge on any atom is 0.332 e. The van der Waals surface area contributed by atoms with Crippen LogP contribution in [0.25, 0.3) is 0 Å². The Labute approximate surface area is 151 Å². The third-order valence-corrected chi connectivity index (χ3v) is 4.44. The predicted octanol–water partition coefficient (Wildman–Crippen LogP) is -1.84. The van der Waals surface area contributed by atoms with Gasteiger partial charge in [-0.1, -0.05) is 0 Å². The third-order valence-electron chi connectivity index (χ3n) is 4.44. The first-order valence-corrected chi connectivity index (χ1v) is 8.40. The molecule has 0 aliphatic rings. The van der Waals surface area contributed by atoms with Crippen molar-refractivity contribution in [2.24, 2.45) is 23.1 Å². The van der Waals surface area contributed by atoms with E-state index in [1.165, 1.54) is 26.5 Å². The summed E-state index contributed by atoms with van der Waals surface area (Å²) in [5.74, 6) is -4.21. The first-order chi connectivity index (χ1) is 12.2. The van der Waals surface area contributed by atoms with Crippen molar-refractivity contribution in [2.45, 2.75) is 43.8 Å². The number of nitrogens with one attached hydrogen (secondary N) is 2. The molecule has 10 heteroatoms. The van der Waals surface area contributed by atoms with E-state index in [1.807, 2.05) is 0 Å². The van der Waals surface area contributed by atoms with Crippen molar-refractivity contribution in [3.63, 3.8) is 0 Å². The molecule has 9 N–H and O–H groups in total. The summed E-state index contributed by atoms with van der Waals surface area (Å²) in [6, 6.07) is -1.87. The number of hydrogen-bond donors (Lipinski definition) is 6. The molecule has 10 nitrogen and oxygen atoms in total. The summed E-state index contributed by atoms with van der Waals surface area (Å²) >= 11 is 0. The maximum atomic E-state index is 13.1. The molecular weight excluding hydrogens is 340 g/mol. The number of nitrogens with two attached hydrogens (primary N) is 3. The summed E-state index contributed by atoms with van der Waals surface area (Å²) in [4.78, 5) is 44.3. The molecule has 26 heavy (non-hydrogen) atoms. The van der Waals surface area contributed by atoms with E-state index in [-0.39, 0.29) is 19.4 Å². The van der Waals surface area contributed by atoms with Crippen molar-refractivity contribution in [3.8, 4) is 0 Å². The number of H-pyrrole nitrogens is 1. The molecule has 0 radical (unpaired) electrons. The Balaban J connectivity index is 3.25. The number of carboxylic acid groups (broad SMARTS) is 1. The second-order valence-electron chi connectivity index (χ2n) is 6.34. The van der Waals surface area contributed by atoms with Crippen LogP contribution < -0.4 is 22.5 Å². The topological polar surface area (TPSA) is 190 Å². The highest BCUT2D eigenvalue weighted by molar-refractivity contribution is 6.14.